The van der Waals surface area contributed by atoms with E-state index in [-0.39, 0.29) is 0 Å². The first-order chi connectivity index (χ1) is 8.67. The second-order valence-corrected chi connectivity index (χ2v) is 5.12. The Labute approximate surface area is 111 Å². The Morgan fingerprint density at radius 2 is 2.00 bits per heavy atom. The second kappa shape index (κ2) is 8.25. The van der Waals surface area contributed by atoms with Crippen LogP contribution >= 0.6 is 0 Å². The van der Waals surface area contributed by atoms with Gasteiger partial charge in [0.15, 0.2) is 0 Å². The normalized spacial score (nSPS) is 12.9. The smallest absolute Gasteiger partial charge is 0.0713 e. The Bertz CT molecular complexity index is 339. The van der Waals surface area contributed by atoms with Crippen LogP contribution in [0, 0.1) is 11.8 Å². The zero-order valence-corrected chi connectivity index (χ0v) is 11.8. The molecule has 0 aliphatic rings. The predicted molar refractivity (Wildman–Crippen MR) is 76.2 cm³/mol. The maximum Gasteiger partial charge on any atom is 0.0713 e. The molecule has 0 aliphatic carbocycles. The molecule has 1 unspecified atom stereocenters. The number of benzene rings is 1. The van der Waals surface area contributed by atoms with Crippen molar-refractivity contribution in [2.75, 3.05) is 20.2 Å². The molecule has 1 rings (SSSR count). The molecule has 102 valence electrons. The van der Waals surface area contributed by atoms with Crippen LogP contribution in [0.3, 0.4) is 0 Å². The van der Waals surface area contributed by atoms with Gasteiger partial charge >= 0.3 is 0 Å². The molecule has 1 aromatic carbocycles. The lowest BCUT2D eigenvalue weighted by Gasteiger charge is -2.19. The van der Waals surface area contributed by atoms with Gasteiger partial charge in [-0.05, 0) is 36.1 Å². The van der Waals surface area contributed by atoms with E-state index in [1.165, 1.54) is 11.1 Å². The van der Waals surface area contributed by atoms with Gasteiger partial charge in [0.1, 0.15) is 0 Å². The molecule has 3 heteroatoms. The molecule has 0 aromatic heterocycles. The maximum atomic E-state index is 5.76. The van der Waals surface area contributed by atoms with Crippen molar-refractivity contribution >= 4 is 0 Å². The number of nitrogens with two attached hydrogens (primary N) is 1. The molecule has 0 spiro atoms. The molecule has 1 aromatic rings. The number of hydrogen-bond acceptors (Lipinski definition) is 3. The lowest BCUT2D eigenvalue weighted by molar-refractivity contribution is 0.185. The van der Waals surface area contributed by atoms with Gasteiger partial charge in [0.2, 0.25) is 0 Å². The third-order valence-corrected chi connectivity index (χ3v) is 3.28. The van der Waals surface area contributed by atoms with Crippen LogP contribution in [-0.2, 0) is 17.9 Å². The molecule has 3 N–H and O–H groups in total. The topological polar surface area (TPSA) is 47.3 Å². The van der Waals surface area contributed by atoms with Gasteiger partial charge in [-0.3, -0.25) is 0 Å². The molecule has 18 heavy (non-hydrogen) atoms. The van der Waals surface area contributed by atoms with Crippen molar-refractivity contribution < 1.29 is 4.74 Å². The van der Waals surface area contributed by atoms with Crippen molar-refractivity contribution in [3.8, 4) is 0 Å². The molecule has 0 amide bonds. The van der Waals surface area contributed by atoms with E-state index in [1.807, 2.05) is 0 Å². The lowest BCUT2D eigenvalue weighted by atomic mass is 9.96. The zero-order valence-electron chi connectivity index (χ0n) is 11.8. The Hall–Kier alpha value is -0.900. The van der Waals surface area contributed by atoms with Crippen LogP contribution in [0.2, 0.25) is 0 Å². The van der Waals surface area contributed by atoms with Crippen LogP contribution in [0.5, 0.6) is 0 Å². The SMILES string of the molecule is COCc1cccc(CNCC(CN)C(C)C)c1. The minimum absolute atomic E-state index is 0.548. The first-order valence-corrected chi connectivity index (χ1v) is 6.65. The van der Waals surface area contributed by atoms with E-state index in [0.717, 1.165) is 19.6 Å². The first-order valence-electron chi connectivity index (χ1n) is 6.65. The average Bonchev–Trinajstić information content (AvgIpc) is 2.35. The van der Waals surface area contributed by atoms with Crippen LogP contribution < -0.4 is 11.1 Å². The second-order valence-electron chi connectivity index (χ2n) is 5.12. The molecule has 3 nitrogen and oxygen atoms in total. The third-order valence-electron chi connectivity index (χ3n) is 3.28. The van der Waals surface area contributed by atoms with E-state index in [9.17, 15) is 0 Å². The number of methoxy groups -OCH3 is 1. The molecule has 0 heterocycles. The zero-order chi connectivity index (χ0) is 13.4. The molecule has 0 aliphatic heterocycles. The Balaban J connectivity index is 2.41. The summed E-state index contributed by atoms with van der Waals surface area (Å²) in [5.74, 6) is 1.18. The van der Waals surface area contributed by atoms with Crippen molar-refractivity contribution in [3.05, 3.63) is 35.4 Å². The van der Waals surface area contributed by atoms with Crippen LogP contribution in [0.1, 0.15) is 25.0 Å². The maximum absolute atomic E-state index is 5.76. The standard InChI is InChI=1S/C15H26N2O/c1-12(2)15(8-16)10-17-9-13-5-4-6-14(7-13)11-18-3/h4-7,12,15,17H,8-11,16H2,1-3H3. The van der Waals surface area contributed by atoms with Crippen LogP contribution in [0.4, 0.5) is 0 Å². The third kappa shape index (κ3) is 5.17. The summed E-state index contributed by atoms with van der Waals surface area (Å²) in [6.07, 6.45) is 0. The Morgan fingerprint density at radius 1 is 1.28 bits per heavy atom. The summed E-state index contributed by atoms with van der Waals surface area (Å²) >= 11 is 0. The summed E-state index contributed by atoms with van der Waals surface area (Å²) in [6, 6.07) is 8.49. The molecular weight excluding hydrogens is 224 g/mol. The van der Waals surface area contributed by atoms with Crippen molar-refractivity contribution in [3.63, 3.8) is 0 Å². The van der Waals surface area contributed by atoms with Gasteiger partial charge in [0, 0.05) is 13.7 Å². The largest absolute Gasteiger partial charge is 0.380 e. The van der Waals surface area contributed by atoms with Crippen LogP contribution in [0.15, 0.2) is 24.3 Å². The quantitative estimate of drug-likeness (QED) is 0.743. The summed E-state index contributed by atoms with van der Waals surface area (Å²) in [5, 5.41) is 3.48. The van der Waals surface area contributed by atoms with Gasteiger partial charge in [0.05, 0.1) is 6.61 Å². The number of nitrogens with one attached hydrogen (secondary N) is 1. The Morgan fingerprint density at radius 3 is 2.61 bits per heavy atom. The van der Waals surface area contributed by atoms with E-state index in [1.54, 1.807) is 7.11 Å². The van der Waals surface area contributed by atoms with Crippen LogP contribution in [-0.4, -0.2) is 20.2 Å². The summed E-state index contributed by atoms with van der Waals surface area (Å²) < 4.78 is 5.14. The Kier molecular flexibility index (Phi) is 6.94. The molecule has 0 radical (unpaired) electrons. The fourth-order valence-electron chi connectivity index (χ4n) is 1.99. The fraction of sp³-hybridized carbons (Fsp3) is 0.600. The molecule has 1 atom stereocenters. The van der Waals surface area contributed by atoms with Crippen molar-refractivity contribution in [2.24, 2.45) is 17.6 Å². The highest BCUT2D eigenvalue weighted by Gasteiger charge is 2.10. The van der Waals surface area contributed by atoms with Gasteiger partial charge in [-0.25, -0.2) is 0 Å². The van der Waals surface area contributed by atoms with Crippen LogP contribution in [0.25, 0.3) is 0 Å². The molecule has 0 saturated heterocycles. The van der Waals surface area contributed by atoms with E-state index < -0.39 is 0 Å². The van der Waals surface area contributed by atoms with E-state index in [0.29, 0.717) is 18.4 Å². The van der Waals surface area contributed by atoms with Gasteiger partial charge in [0.25, 0.3) is 0 Å². The van der Waals surface area contributed by atoms with Crippen molar-refractivity contribution in [1.29, 1.82) is 0 Å². The first kappa shape index (κ1) is 15.2. The van der Waals surface area contributed by atoms with Gasteiger partial charge in [-0.1, -0.05) is 38.1 Å². The van der Waals surface area contributed by atoms with Crippen molar-refractivity contribution in [1.82, 2.24) is 5.32 Å². The fourth-order valence-corrected chi connectivity index (χ4v) is 1.99. The average molecular weight is 250 g/mol. The predicted octanol–water partition coefficient (Wildman–Crippen LogP) is 2.15. The highest BCUT2D eigenvalue weighted by atomic mass is 16.5. The van der Waals surface area contributed by atoms with E-state index in [4.69, 9.17) is 10.5 Å². The lowest BCUT2D eigenvalue weighted by Crippen LogP contribution is -2.31. The molecule has 0 bridgehead atoms. The highest BCUT2D eigenvalue weighted by Crippen LogP contribution is 2.09. The monoisotopic (exact) mass is 250 g/mol. The van der Waals surface area contributed by atoms with E-state index >= 15 is 0 Å². The summed E-state index contributed by atoms with van der Waals surface area (Å²) in [6.45, 7) is 7.72. The van der Waals surface area contributed by atoms with Crippen molar-refractivity contribution in [2.45, 2.75) is 27.0 Å². The minimum Gasteiger partial charge on any atom is -0.380 e. The number of hydrogen-bond donors (Lipinski definition) is 2. The summed E-state index contributed by atoms with van der Waals surface area (Å²) in [7, 11) is 1.72. The minimum atomic E-state index is 0.548. The summed E-state index contributed by atoms with van der Waals surface area (Å²) in [4.78, 5) is 0. The molecule has 0 fully saturated rings. The van der Waals surface area contributed by atoms with Gasteiger partial charge < -0.3 is 15.8 Å². The summed E-state index contributed by atoms with van der Waals surface area (Å²) in [5.41, 5.74) is 8.27. The van der Waals surface area contributed by atoms with Gasteiger partial charge in [-0.2, -0.15) is 0 Å². The number of rotatable bonds is 8. The molecular formula is C15H26N2O. The van der Waals surface area contributed by atoms with E-state index in [2.05, 4.69) is 43.4 Å². The molecule has 0 saturated carbocycles. The van der Waals surface area contributed by atoms with Gasteiger partial charge in [-0.15, -0.1) is 0 Å². The highest BCUT2D eigenvalue weighted by molar-refractivity contribution is 5.22. The number of ether oxygens (including phenoxy) is 1.